The molecule has 6 heteroatoms. The van der Waals surface area contributed by atoms with Gasteiger partial charge in [0.1, 0.15) is 0 Å². The van der Waals surface area contributed by atoms with E-state index < -0.39 is 11.5 Å². The number of rotatable bonds is 4. The lowest BCUT2D eigenvalue weighted by molar-refractivity contribution is -0.139. The molecule has 1 saturated heterocycles. The molecule has 1 heterocycles. The quantitative estimate of drug-likeness (QED) is 0.735. The van der Waals surface area contributed by atoms with Crippen LogP contribution >= 0.6 is 0 Å². The molecule has 6 nitrogen and oxygen atoms in total. The lowest BCUT2D eigenvalue weighted by atomic mass is 9.74. The van der Waals surface area contributed by atoms with Gasteiger partial charge in [-0.2, -0.15) is 0 Å². The minimum Gasteiger partial charge on any atom is -0.481 e. The van der Waals surface area contributed by atoms with Crippen LogP contribution in [0.15, 0.2) is 0 Å². The van der Waals surface area contributed by atoms with Crippen molar-refractivity contribution >= 4 is 12.0 Å². The summed E-state index contributed by atoms with van der Waals surface area (Å²) in [4.78, 5) is 23.0. The van der Waals surface area contributed by atoms with Crippen molar-refractivity contribution in [1.29, 1.82) is 0 Å². The van der Waals surface area contributed by atoms with Crippen LogP contribution in [0.1, 0.15) is 58.8 Å². The monoisotopic (exact) mass is 283 g/mol. The molecule has 2 aliphatic rings. The van der Waals surface area contributed by atoms with Crippen LogP contribution in [0.4, 0.5) is 4.79 Å². The van der Waals surface area contributed by atoms with Crippen molar-refractivity contribution < 1.29 is 14.7 Å². The van der Waals surface area contributed by atoms with E-state index in [1.165, 1.54) is 6.42 Å². The van der Waals surface area contributed by atoms with E-state index in [0.717, 1.165) is 32.1 Å². The third-order valence-corrected chi connectivity index (χ3v) is 4.60. The number of hydrogen-bond acceptors (Lipinski definition) is 3. The third-order valence-electron chi connectivity index (χ3n) is 4.60. The Morgan fingerprint density at radius 3 is 2.25 bits per heavy atom. The Bertz CT molecular complexity index is 372. The zero-order valence-corrected chi connectivity index (χ0v) is 12.3. The summed E-state index contributed by atoms with van der Waals surface area (Å²) in [7, 11) is 0. The van der Waals surface area contributed by atoms with Crippen LogP contribution in [0, 0.1) is 0 Å². The first kappa shape index (κ1) is 15.1. The number of carbonyl (C=O) groups is 2. The number of carboxylic acid groups (broad SMARTS) is 1. The molecule has 2 rings (SSSR count). The zero-order chi connectivity index (χ0) is 14.8. The summed E-state index contributed by atoms with van der Waals surface area (Å²) >= 11 is 0. The molecule has 1 saturated carbocycles. The summed E-state index contributed by atoms with van der Waals surface area (Å²) < 4.78 is 0. The molecule has 114 valence electrons. The molecular weight excluding hydrogens is 258 g/mol. The van der Waals surface area contributed by atoms with E-state index in [4.69, 9.17) is 5.11 Å². The van der Waals surface area contributed by atoms with Crippen LogP contribution in [-0.2, 0) is 4.79 Å². The predicted octanol–water partition coefficient (Wildman–Crippen LogP) is 1.86. The van der Waals surface area contributed by atoms with Crippen LogP contribution in [-0.4, -0.2) is 39.7 Å². The van der Waals surface area contributed by atoms with Gasteiger partial charge in [0.25, 0.3) is 0 Å². The molecule has 0 aromatic rings. The van der Waals surface area contributed by atoms with Gasteiger partial charge in [0.05, 0.1) is 12.0 Å². The molecule has 1 aliphatic heterocycles. The van der Waals surface area contributed by atoms with Crippen molar-refractivity contribution in [2.75, 3.05) is 0 Å². The lowest BCUT2D eigenvalue weighted by Gasteiger charge is -2.43. The molecule has 0 spiro atoms. The van der Waals surface area contributed by atoms with Gasteiger partial charge < -0.3 is 10.4 Å². The van der Waals surface area contributed by atoms with Gasteiger partial charge >= 0.3 is 12.0 Å². The van der Waals surface area contributed by atoms with Crippen molar-refractivity contribution in [2.45, 2.75) is 76.4 Å². The maximum Gasteiger partial charge on any atom is 0.329 e. The highest BCUT2D eigenvalue weighted by atomic mass is 16.4. The molecule has 3 N–H and O–H groups in total. The fourth-order valence-corrected chi connectivity index (χ4v) is 3.27. The van der Waals surface area contributed by atoms with Gasteiger partial charge in [-0.3, -0.25) is 10.2 Å². The number of piperidine rings is 1. The number of carbonyl (C=O) groups excluding carboxylic acids is 1. The largest absolute Gasteiger partial charge is 0.481 e. The van der Waals surface area contributed by atoms with Crippen LogP contribution in [0.3, 0.4) is 0 Å². The minimum absolute atomic E-state index is 0.00548. The number of carboxylic acids is 1. The van der Waals surface area contributed by atoms with E-state index in [0.29, 0.717) is 12.1 Å². The highest BCUT2D eigenvalue weighted by Crippen LogP contribution is 2.34. The van der Waals surface area contributed by atoms with E-state index in [1.54, 1.807) is 0 Å². The lowest BCUT2D eigenvalue weighted by Crippen LogP contribution is -2.62. The van der Waals surface area contributed by atoms with E-state index in [-0.39, 0.29) is 12.5 Å². The SMILES string of the molecule is CC1CCCC(C)N1NC(=O)NC1(CC(=O)O)CCC1. The molecule has 0 radical (unpaired) electrons. The van der Waals surface area contributed by atoms with E-state index in [9.17, 15) is 9.59 Å². The van der Waals surface area contributed by atoms with Gasteiger partial charge in [0, 0.05) is 12.1 Å². The van der Waals surface area contributed by atoms with Gasteiger partial charge in [0.2, 0.25) is 0 Å². The van der Waals surface area contributed by atoms with Gasteiger partial charge in [-0.05, 0) is 46.0 Å². The Kier molecular flexibility index (Phi) is 4.52. The van der Waals surface area contributed by atoms with Gasteiger partial charge in [-0.15, -0.1) is 0 Å². The van der Waals surface area contributed by atoms with Crippen molar-refractivity contribution in [3.8, 4) is 0 Å². The Hall–Kier alpha value is -1.30. The first-order valence-electron chi connectivity index (χ1n) is 7.51. The highest BCUT2D eigenvalue weighted by molar-refractivity contribution is 5.76. The molecule has 2 unspecified atom stereocenters. The second-order valence-electron chi connectivity index (χ2n) is 6.31. The first-order valence-corrected chi connectivity index (χ1v) is 7.51. The number of hydrazine groups is 1. The van der Waals surface area contributed by atoms with Gasteiger partial charge in [-0.1, -0.05) is 6.42 Å². The topological polar surface area (TPSA) is 81.7 Å². The smallest absolute Gasteiger partial charge is 0.329 e. The molecule has 0 aromatic heterocycles. The standard InChI is InChI=1S/C14H25N3O3/c1-10-5-3-6-11(2)17(10)16-13(20)15-14(7-4-8-14)9-12(18)19/h10-11H,3-9H2,1-2H3,(H,18,19)(H2,15,16,20). The fraction of sp³-hybridized carbons (Fsp3) is 0.857. The second-order valence-corrected chi connectivity index (χ2v) is 6.31. The summed E-state index contributed by atoms with van der Waals surface area (Å²) in [6.45, 7) is 4.21. The summed E-state index contributed by atoms with van der Waals surface area (Å²) in [5.41, 5.74) is 2.36. The van der Waals surface area contributed by atoms with Crippen LogP contribution < -0.4 is 10.7 Å². The zero-order valence-electron chi connectivity index (χ0n) is 12.3. The molecule has 1 aliphatic carbocycles. The number of nitrogens with one attached hydrogen (secondary N) is 2. The average Bonchev–Trinajstić information content (AvgIpc) is 2.30. The molecule has 0 bridgehead atoms. The maximum absolute atomic E-state index is 12.1. The van der Waals surface area contributed by atoms with E-state index >= 15 is 0 Å². The van der Waals surface area contributed by atoms with Crippen LogP contribution in [0.5, 0.6) is 0 Å². The average molecular weight is 283 g/mol. The van der Waals surface area contributed by atoms with Crippen LogP contribution in [0.25, 0.3) is 0 Å². The Morgan fingerprint density at radius 1 is 1.20 bits per heavy atom. The maximum atomic E-state index is 12.1. The van der Waals surface area contributed by atoms with Crippen LogP contribution in [0.2, 0.25) is 0 Å². The second kappa shape index (κ2) is 5.99. The number of nitrogens with zero attached hydrogens (tertiary/aromatic N) is 1. The normalized spacial score (nSPS) is 29.3. The number of hydrogen-bond donors (Lipinski definition) is 3. The molecule has 2 atom stereocenters. The molecular formula is C14H25N3O3. The number of aliphatic carboxylic acids is 1. The summed E-state index contributed by atoms with van der Waals surface area (Å²) in [5, 5.41) is 13.8. The van der Waals surface area contributed by atoms with Gasteiger partial charge in [-0.25, -0.2) is 9.80 Å². The van der Waals surface area contributed by atoms with Gasteiger partial charge in [0.15, 0.2) is 0 Å². The molecule has 2 fully saturated rings. The summed E-state index contributed by atoms with van der Waals surface area (Å²) in [6.07, 6.45) is 5.81. The molecule has 0 aromatic carbocycles. The Morgan fingerprint density at radius 2 is 1.80 bits per heavy atom. The van der Waals surface area contributed by atoms with E-state index in [1.807, 2.05) is 5.01 Å². The van der Waals surface area contributed by atoms with Crippen molar-refractivity contribution in [3.63, 3.8) is 0 Å². The molecule has 20 heavy (non-hydrogen) atoms. The van der Waals surface area contributed by atoms with E-state index in [2.05, 4.69) is 24.6 Å². The van der Waals surface area contributed by atoms with Crippen molar-refractivity contribution in [3.05, 3.63) is 0 Å². The third kappa shape index (κ3) is 3.42. The predicted molar refractivity (Wildman–Crippen MR) is 75.1 cm³/mol. The number of amides is 2. The first-order chi connectivity index (χ1) is 9.42. The van der Waals surface area contributed by atoms with Crippen molar-refractivity contribution in [1.82, 2.24) is 15.8 Å². The highest BCUT2D eigenvalue weighted by Gasteiger charge is 2.41. The number of urea groups is 1. The van der Waals surface area contributed by atoms with Crippen molar-refractivity contribution in [2.24, 2.45) is 0 Å². The molecule has 2 amide bonds. The Balaban J connectivity index is 1.89. The Labute approximate surface area is 119 Å². The summed E-state index contributed by atoms with van der Waals surface area (Å²) in [6, 6.07) is 0.370. The summed E-state index contributed by atoms with van der Waals surface area (Å²) in [5.74, 6) is -0.857. The minimum atomic E-state index is -0.857. The fourth-order valence-electron chi connectivity index (χ4n) is 3.27.